The number of hydrogen-bond donors (Lipinski definition) is 0. The van der Waals surface area contributed by atoms with Crippen molar-refractivity contribution in [2.24, 2.45) is 5.92 Å². The molecule has 0 spiro atoms. The zero-order valence-electron chi connectivity index (χ0n) is 12.1. The van der Waals surface area contributed by atoms with Crippen molar-refractivity contribution in [3.63, 3.8) is 0 Å². The predicted octanol–water partition coefficient (Wildman–Crippen LogP) is 2.04. The lowest BCUT2D eigenvalue weighted by atomic mass is 9.88. The van der Waals surface area contributed by atoms with E-state index in [0.717, 1.165) is 45.4 Å². The lowest BCUT2D eigenvalue weighted by Gasteiger charge is -2.37. The quantitative estimate of drug-likeness (QED) is 0.784. The van der Waals surface area contributed by atoms with Crippen LogP contribution in [0.25, 0.3) is 0 Å². The Balaban J connectivity index is 1.79. The van der Waals surface area contributed by atoms with Crippen LogP contribution in [0.4, 0.5) is 0 Å². The van der Waals surface area contributed by atoms with Crippen LogP contribution in [-0.4, -0.2) is 47.8 Å². The van der Waals surface area contributed by atoms with Gasteiger partial charge in [0.25, 0.3) is 0 Å². The van der Waals surface area contributed by atoms with E-state index in [9.17, 15) is 9.59 Å². The molecule has 2 aliphatic rings. The summed E-state index contributed by atoms with van der Waals surface area (Å²) in [6.07, 6.45) is 7.35. The molecule has 0 radical (unpaired) electrons. The maximum absolute atomic E-state index is 12.4. The molecule has 0 aromatic heterocycles. The highest BCUT2D eigenvalue weighted by Crippen LogP contribution is 2.25. The summed E-state index contributed by atoms with van der Waals surface area (Å²) in [6.45, 7) is 4.92. The SMILES string of the molecule is CCCC(=O)N1CCN(C(=O)C2CCCCC2)CC1. The number of nitrogens with zero attached hydrogens (tertiary/aromatic N) is 2. The van der Waals surface area contributed by atoms with Gasteiger partial charge in [0, 0.05) is 38.5 Å². The molecule has 4 heteroatoms. The van der Waals surface area contributed by atoms with E-state index in [4.69, 9.17) is 0 Å². The molecule has 0 aromatic rings. The Labute approximate surface area is 116 Å². The molecule has 1 saturated carbocycles. The van der Waals surface area contributed by atoms with E-state index in [0.29, 0.717) is 12.3 Å². The van der Waals surface area contributed by atoms with Crippen LogP contribution in [0.1, 0.15) is 51.9 Å². The maximum atomic E-state index is 12.4. The molecule has 1 saturated heterocycles. The minimum absolute atomic E-state index is 0.243. The normalized spacial score (nSPS) is 21.5. The summed E-state index contributed by atoms with van der Waals surface area (Å²) < 4.78 is 0. The topological polar surface area (TPSA) is 40.6 Å². The molecule has 2 rings (SSSR count). The van der Waals surface area contributed by atoms with Gasteiger partial charge in [0.1, 0.15) is 0 Å². The van der Waals surface area contributed by atoms with Gasteiger partial charge in [-0.25, -0.2) is 0 Å². The second-order valence-corrected chi connectivity index (χ2v) is 5.79. The zero-order chi connectivity index (χ0) is 13.7. The number of piperazine rings is 1. The number of hydrogen-bond acceptors (Lipinski definition) is 2. The van der Waals surface area contributed by atoms with Crippen molar-refractivity contribution in [1.82, 2.24) is 9.80 Å². The van der Waals surface area contributed by atoms with Crippen LogP contribution in [0.2, 0.25) is 0 Å². The fourth-order valence-corrected chi connectivity index (χ4v) is 3.16. The van der Waals surface area contributed by atoms with Crippen molar-refractivity contribution in [3.05, 3.63) is 0 Å². The molecular weight excluding hydrogens is 240 g/mol. The van der Waals surface area contributed by atoms with Gasteiger partial charge in [-0.3, -0.25) is 9.59 Å². The molecule has 0 unspecified atom stereocenters. The lowest BCUT2D eigenvalue weighted by molar-refractivity contribution is -0.142. The first-order chi connectivity index (χ1) is 9.22. The fourth-order valence-electron chi connectivity index (χ4n) is 3.16. The van der Waals surface area contributed by atoms with Gasteiger partial charge >= 0.3 is 0 Å². The highest BCUT2D eigenvalue weighted by atomic mass is 16.2. The molecule has 2 amide bonds. The Morgan fingerprint density at radius 2 is 1.53 bits per heavy atom. The molecule has 4 nitrogen and oxygen atoms in total. The largest absolute Gasteiger partial charge is 0.339 e. The summed E-state index contributed by atoms with van der Waals surface area (Å²) in [6, 6.07) is 0. The Bertz CT molecular complexity index is 316. The molecule has 0 aromatic carbocycles. The molecular formula is C15H26N2O2. The standard InChI is InChI=1S/C15H26N2O2/c1-2-6-14(18)16-9-11-17(12-10-16)15(19)13-7-4-3-5-8-13/h13H,2-12H2,1H3. The van der Waals surface area contributed by atoms with Gasteiger partial charge in [0.15, 0.2) is 0 Å². The third-order valence-corrected chi connectivity index (χ3v) is 4.36. The van der Waals surface area contributed by atoms with E-state index in [2.05, 4.69) is 0 Å². The Hall–Kier alpha value is -1.06. The number of carbonyl (C=O) groups excluding carboxylic acids is 2. The van der Waals surface area contributed by atoms with E-state index in [-0.39, 0.29) is 11.8 Å². The van der Waals surface area contributed by atoms with E-state index in [1.807, 2.05) is 16.7 Å². The van der Waals surface area contributed by atoms with Crippen LogP contribution >= 0.6 is 0 Å². The fraction of sp³-hybridized carbons (Fsp3) is 0.867. The van der Waals surface area contributed by atoms with Gasteiger partial charge < -0.3 is 9.80 Å². The summed E-state index contributed by atoms with van der Waals surface area (Å²) in [4.78, 5) is 28.1. The van der Waals surface area contributed by atoms with Gasteiger partial charge in [-0.1, -0.05) is 26.2 Å². The Kier molecular flexibility index (Phi) is 5.23. The van der Waals surface area contributed by atoms with Crippen LogP contribution in [0.5, 0.6) is 0 Å². The summed E-state index contributed by atoms with van der Waals surface area (Å²) >= 11 is 0. The van der Waals surface area contributed by atoms with E-state index >= 15 is 0 Å². The second kappa shape index (κ2) is 6.92. The van der Waals surface area contributed by atoms with E-state index in [1.165, 1.54) is 19.3 Å². The van der Waals surface area contributed by atoms with Crippen LogP contribution in [0.3, 0.4) is 0 Å². The summed E-state index contributed by atoms with van der Waals surface area (Å²) in [5.74, 6) is 0.834. The molecule has 0 N–H and O–H groups in total. The maximum Gasteiger partial charge on any atom is 0.225 e. The number of carbonyl (C=O) groups is 2. The van der Waals surface area contributed by atoms with E-state index in [1.54, 1.807) is 0 Å². The first-order valence-corrected chi connectivity index (χ1v) is 7.79. The van der Waals surface area contributed by atoms with Crippen molar-refractivity contribution in [2.75, 3.05) is 26.2 Å². The molecule has 108 valence electrons. The molecule has 1 aliphatic heterocycles. The molecule has 0 atom stereocenters. The molecule has 1 aliphatic carbocycles. The molecule has 2 fully saturated rings. The minimum atomic E-state index is 0.243. The van der Waals surface area contributed by atoms with Crippen molar-refractivity contribution in [3.8, 4) is 0 Å². The molecule has 0 bridgehead atoms. The second-order valence-electron chi connectivity index (χ2n) is 5.79. The van der Waals surface area contributed by atoms with Crippen molar-refractivity contribution >= 4 is 11.8 Å². The predicted molar refractivity (Wildman–Crippen MR) is 74.6 cm³/mol. The highest BCUT2D eigenvalue weighted by molar-refractivity contribution is 5.80. The zero-order valence-corrected chi connectivity index (χ0v) is 12.1. The Morgan fingerprint density at radius 3 is 2.11 bits per heavy atom. The van der Waals surface area contributed by atoms with Gasteiger partial charge in [-0.2, -0.15) is 0 Å². The molecule has 19 heavy (non-hydrogen) atoms. The number of rotatable bonds is 3. The van der Waals surface area contributed by atoms with Gasteiger partial charge in [0.2, 0.25) is 11.8 Å². The first kappa shape index (κ1) is 14.4. The summed E-state index contributed by atoms with van der Waals surface area (Å²) in [7, 11) is 0. The van der Waals surface area contributed by atoms with Gasteiger partial charge in [-0.15, -0.1) is 0 Å². The average Bonchev–Trinajstić information content (AvgIpc) is 2.48. The van der Waals surface area contributed by atoms with Crippen LogP contribution < -0.4 is 0 Å². The lowest BCUT2D eigenvalue weighted by Crippen LogP contribution is -2.52. The van der Waals surface area contributed by atoms with Crippen LogP contribution in [0.15, 0.2) is 0 Å². The highest BCUT2D eigenvalue weighted by Gasteiger charge is 2.29. The monoisotopic (exact) mass is 266 g/mol. The van der Waals surface area contributed by atoms with Crippen molar-refractivity contribution in [1.29, 1.82) is 0 Å². The first-order valence-electron chi connectivity index (χ1n) is 7.79. The van der Waals surface area contributed by atoms with Crippen molar-refractivity contribution < 1.29 is 9.59 Å². The number of amides is 2. The van der Waals surface area contributed by atoms with E-state index < -0.39 is 0 Å². The summed E-state index contributed by atoms with van der Waals surface area (Å²) in [5.41, 5.74) is 0. The molecule has 1 heterocycles. The summed E-state index contributed by atoms with van der Waals surface area (Å²) in [5, 5.41) is 0. The smallest absolute Gasteiger partial charge is 0.225 e. The van der Waals surface area contributed by atoms with Crippen LogP contribution in [-0.2, 0) is 9.59 Å². The third kappa shape index (κ3) is 3.71. The minimum Gasteiger partial charge on any atom is -0.339 e. The van der Waals surface area contributed by atoms with Gasteiger partial charge in [-0.05, 0) is 19.3 Å². The third-order valence-electron chi connectivity index (χ3n) is 4.36. The van der Waals surface area contributed by atoms with Gasteiger partial charge in [0.05, 0.1) is 0 Å². The Morgan fingerprint density at radius 1 is 0.947 bits per heavy atom. The van der Waals surface area contributed by atoms with Crippen LogP contribution in [0, 0.1) is 5.92 Å². The van der Waals surface area contributed by atoms with Crippen molar-refractivity contribution in [2.45, 2.75) is 51.9 Å². The average molecular weight is 266 g/mol.